The van der Waals surface area contributed by atoms with Crippen molar-refractivity contribution in [3.8, 4) is 17.1 Å². The Labute approximate surface area is 164 Å². The molecule has 2 aromatic carbocycles. The number of carbonyl (C=O) groups is 1. The van der Waals surface area contributed by atoms with Crippen LogP contribution >= 0.6 is 0 Å². The van der Waals surface area contributed by atoms with Gasteiger partial charge in [-0.1, -0.05) is 36.3 Å². The summed E-state index contributed by atoms with van der Waals surface area (Å²) in [5, 5.41) is 4.09. The summed E-state index contributed by atoms with van der Waals surface area (Å²) in [7, 11) is 1.62. The van der Waals surface area contributed by atoms with Crippen LogP contribution in [0.4, 0.5) is 5.69 Å². The van der Waals surface area contributed by atoms with Crippen LogP contribution in [-0.2, 0) is 17.8 Å². The van der Waals surface area contributed by atoms with Crippen molar-refractivity contribution in [1.29, 1.82) is 0 Å². The molecule has 1 heterocycles. The normalized spacial score (nSPS) is 10.6. The van der Waals surface area contributed by atoms with Crippen molar-refractivity contribution in [1.82, 2.24) is 10.1 Å². The van der Waals surface area contributed by atoms with Crippen LogP contribution in [0, 0.1) is 0 Å². The van der Waals surface area contributed by atoms with E-state index in [1.54, 1.807) is 7.11 Å². The van der Waals surface area contributed by atoms with E-state index in [1.807, 2.05) is 41.3 Å². The lowest BCUT2D eigenvalue weighted by Gasteiger charge is -2.22. The summed E-state index contributed by atoms with van der Waals surface area (Å²) in [6.07, 6.45) is 1.21. The fraction of sp³-hybridized carbons (Fsp3) is 0.286. The molecule has 3 rings (SSSR count). The third-order valence-corrected chi connectivity index (χ3v) is 4.48. The van der Waals surface area contributed by atoms with Crippen LogP contribution in [0.3, 0.4) is 0 Å². The number of amides is 1. The average Bonchev–Trinajstić information content (AvgIpc) is 3.19. The summed E-state index contributed by atoms with van der Waals surface area (Å²) in [6.45, 7) is 2.94. The number of methoxy groups -OCH3 is 1. The van der Waals surface area contributed by atoms with Gasteiger partial charge >= 0.3 is 0 Å². The fourth-order valence-corrected chi connectivity index (χ4v) is 2.83. The average molecular weight is 380 g/mol. The molecule has 7 heteroatoms. The largest absolute Gasteiger partial charge is 0.497 e. The maximum Gasteiger partial charge on any atom is 0.246 e. The molecule has 146 valence electrons. The van der Waals surface area contributed by atoms with Crippen LogP contribution in [-0.4, -0.2) is 29.7 Å². The highest BCUT2D eigenvalue weighted by atomic mass is 16.5. The number of nitrogens with two attached hydrogens (primary N) is 1. The van der Waals surface area contributed by atoms with Gasteiger partial charge in [0, 0.05) is 24.2 Å². The van der Waals surface area contributed by atoms with Crippen LogP contribution in [0.1, 0.15) is 24.8 Å². The second-order valence-electron chi connectivity index (χ2n) is 6.40. The molecule has 0 bridgehead atoms. The number of hydrogen-bond donors (Lipinski definition) is 1. The number of nitrogens with zero attached hydrogens (tertiary/aromatic N) is 3. The van der Waals surface area contributed by atoms with Crippen molar-refractivity contribution in [2.24, 2.45) is 5.73 Å². The van der Waals surface area contributed by atoms with Gasteiger partial charge in [0.05, 0.1) is 13.7 Å². The van der Waals surface area contributed by atoms with Crippen molar-refractivity contribution in [3.63, 3.8) is 0 Å². The number of ether oxygens (including phenoxy) is 1. The third kappa shape index (κ3) is 4.88. The molecule has 0 aliphatic rings. The number of aryl methyl sites for hydroxylation is 1. The zero-order valence-corrected chi connectivity index (χ0v) is 16.1. The van der Waals surface area contributed by atoms with Gasteiger partial charge in [0.15, 0.2) is 0 Å². The monoisotopic (exact) mass is 380 g/mol. The molecule has 0 saturated heterocycles. The molecule has 1 amide bonds. The smallest absolute Gasteiger partial charge is 0.246 e. The minimum atomic E-state index is -0.360. The highest BCUT2D eigenvalue weighted by Crippen LogP contribution is 2.22. The second kappa shape index (κ2) is 9.03. The lowest BCUT2D eigenvalue weighted by molar-refractivity contribution is -0.117. The van der Waals surface area contributed by atoms with E-state index in [2.05, 4.69) is 29.2 Å². The third-order valence-electron chi connectivity index (χ3n) is 4.48. The molecule has 0 aliphatic heterocycles. The zero-order valence-electron chi connectivity index (χ0n) is 16.1. The predicted molar refractivity (Wildman–Crippen MR) is 107 cm³/mol. The molecule has 0 aliphatic carbocycles. The van der Waals surface area contributed by atoms with Crippen LogP contribution in [0.25, 0.3) is 11.4 Å². The van der Waals surface area contributed by atoms with Crippen molar-refractivity contribution in [2.75, 3.05) is 18.6 Å². The first-order chi connectivity index (χ1) is 13.6. The number of primary amides is 1. The van der Waals surface area contributed by atoms with Gasteiger partial charge in [-0.3, -0.25) is 4.79 Å². The molecular weight excluding hydrogens is 356 g/mol. The Bertz CT molecular complexity index is 904. The van der Waals surface area contributed by atoms with Crippen molar-refractivity contribution >= 4 is 11.6 Å². The Morgan fingerprint density at radius 3 is 2.46 bits per heavy atom. The van der Waals surface area contributed by atoms with Gasteiger partial charge in [0.1, 0.15) is 5.75 Å². The second-order valence-corrected chi connectivity index (χ2v) is 6.40. The molecule has 0 fully saturated rings. The van der Waals surface area contributed by atoms with Crippen molar-refractivity contribution < 1.29 is 14.1 Å². The molecule has 0 saturated carbocycles. The molecule has 28 heavy (non-hydrogen) atoms. The lowest BCUT2D eigenvalue weighted by atomic mass is 10.1. The van der Waals surface area contributed by atoms with Crippen LogP contribution < -0.4 is 15.4 Å². The molecular formula is C21H24N4O3. The van der Waals surface area contributed by atoms with Gasteiger partial charge in [0.2, 0.25) is 17.6 Å². The molecule has 2 N–H and O–H groups in total. The van der Waals surface area contributed by atoms with E-state index >= 15 is 0 Å². The molecule has 0 atom stereocenters. The van der Waals surface area contributed by atoms with E-state index in [1.165, 1.54) is 5.56 Å². The fourth-order valence-electron chi connectivity index (χ4n) is 2.83. The van der Waals surface area contributed by atoms with Gasteiger partial charge in [-0.2, -0.15) is 4.98 Å². The number of hydrogen-bond acceptors (Lipinski definition) is 6. The first-order valence-electron chi connectivity index (χ1n) is 9.18. The SMILES string of the molecule is CCc1ccc(-c2noc(CN(CCC(N)=O)c3ccc(OC)cc3)n2)cc1. The van der Waals surface area contributed by atoms with Crippen molar-refractivity contribution in [3.05, 3.63) is 60.0 Å². The van der Waals surface area contributed by atoms with Crippen LogP contribution in [0.5, 0.6) is 5.75 Å². The van der Waals surface area contributed by atoms with E-state index in [-0.39, 0.29) is 12.3 Å². The summed E-state index contributed by atoms with van der Waals surface area (Å²) in [4.78, 5) is 17.7. The summed E-state index contributed by atoms with van der Waals surface area (Å²) in [5.41, 5.74) is 8.39. The van der Waals surface area contributed by atoms with Crippen molar-refractivity contribution in [2.45, 2.75) is 26.3 Å². The Morgan fingerprint density at radius 1 is 1.14 bits per heavy atom. The van der Waals surface area contributed by atoms with Gasteiger partial charge < -0.3 is 19.9 Å². The minimum Gasteiger partial charge on any atom is -0.497 e. The Morgan fingerprint density at radius 2 is 1.86 bits per heavy atom. The number of benzene rings is 2. The standard InChI is InChI=1S/C21H24N4O3/c1-3-15-4-6-16(7-5-15)21-23-20(28-24-21)14-25(13-12-19(22)26)17-8-10-18(27-2)11-9-17/h4-11H,3,12-14H2,1-2H3,(H2,22,26). The minimum absolute atomic E-state index is 0.228. The molecule has 3 aromatic rings. The topological polar surface area (TPSA) is 94.5 Å². The Hall–Kier alpha value is -3.35. The summed E-state index contributed by atoms with van der Waals surface area (Å²) >= 11 is 0. The first kappa shape index (κ1) is 19.4. The Kier molecular flexibility index (Phi) is 6.26. The van der Waals surface area contributed by atoms with E-state index in [4.69, 9.17) is 15.0 Å². The highest BCUT2D eigenvalue weighted by Gasteiger charge is 2.15. The predicted octanol–water partition coefficient (Wildman–Crippen LogP) is 3.19. The molecule has 0 unspecified atom stereocenters. The molecule has 1 aromatic heterocycles. The maximum atomic E-state index is 11.3. The quantitative estimate of drug-likeness (QED) is 0.613. The Balaban J connectivity index is 1.77. The van der Waals surface area contributed by atoms with Gasteiger partial charge in [-0.25, -0.2) is 0 Å². The van der Waals surface area contributed by atoms with Gasteiger partial charge in [0.25, 0.3) is 0 Å². The van der Waals surface area contributed by atoms with E-state index in [0.29, 0.717) is 24.8 Å². The number of aromatic nitrogens is 2. The van der Waals surface area contributed by atoms with Gasteiger partial charge in [-0.15, -0.1) is 0 Å². The lowest BCUT2D eigenvalue weighted by Crippen LogP contribution is -2.27. The number of rotatable bonds is 9. The summed E-state index contributed by atoms with van der Waals surface area (Å²) < 4.78 is 10.6. The number of carbonyl (C=O) groups excluding carboxylic acids is 1. The zero-order chi connectivity index (χ0) is 19.9. The van der Waals surface area contributed by atoms with Crippen LogP contribution in [0.15, 0.2) is 53.1 Å². The van der Waals surface area contributed by atoms with Crippen LogP contribution in [0.2, 0.25) is 0 Å². The van der Waals surface area contributed by atoms with Gasteiger partial charge in [-0.05, 0) is 36.2 Å². The first-order valence-corrected chi connectivity index (χ1v) is 9.18. The molecule has 7 nitrogen and oxygen atoms in total. The molecule has 0 spiro atoms. The molecule has 0 radical (unpaired) electrons. The van der Waals surface area contributed by atoms with E-state index < -0.39 is 0 Å². The highest BCUT2D eigenvalue weighted by molar-refractivity contribution is 5.74. The van der Waals surface area contributed by atoms with E-state index in [9.17, 15) is 4.79 Å². The summed E-state index contributed by atoms with van der Waals surface area (Å²) in [6, 6.07) is 15.6. The van der Waals surface area contributed by atoms with E-state index in [0.717, 1.165) is 23.4 Å². The summed E-state index contributed by atoms with van der Waals surface area (Å²) in [5.74, 6) is 1.41. The number of anilines is 1. The maximum absolute atomic E-state index is 11.3.